The van der Waals surface area contributed by atoms with Gasteiger partial charge in [-0.2, -0.15) is 4.31 Å². The van der Waals surface area contributed by atoms with Crippen molar-refractivity contribution in [2.45, 2.75) is 31.7 Å². The van der Waals surface area contributed by atoms with Crippen LogP contribution in [0.3, 0.4) is 0 Å². The van der Waals surface area contributed by atoms with Crippen LogP contribution in [-0.4, -0.2) is 45.6 Å². The molecule has 0 aliphatic heterocycles. The fraction of sp³-hybridized carbons (Fsp3) is 0.571. The van der Waals surface area contributed by atoms with Crippen LogP contribution >= 0.6 is 12.4 Å². The molecule has 22 heavy (non-hydrogen) atoms. The van der Waals surface area contributed by atoms with Crippen molar-refractivity contribution in [3.8, 4) is 11.5 Å². The molecule has 1 unspecified atom stereocenters. The molecule has 0 bridgehead atoms. The highest BCUT2D eigenvalue weighted by Gasteiger charge is 2.25. The van der Waals surface area contributed by atoms with E-state index in [1.807, 2.05) is 13.8 Å². The molecule has 1 rings (SSSR count). The highest BCUT2D eigenvalue weighted by Crippen LogP contribution is 2.31. The smallest absolute Gasteiger partial charge is 0.243 e. The van der Waals surface area contributed by atoms with Crippen LogP contribution in [0.15, 0.2) is 23.1 Å². The van der Waals surface area contributed by atoms with Crippen molar-refractivity contribution in [2.75, 3.05) is 26.8 Å². The minimum atomic E-state index is -3.61. The average Bonchev–Trinajstić information content (AvgIpc) is 2.47. The number of halogens is 1. The molecule has 8 heteroatoms. The molecular formula is C14H25ClN2O4S. The monoisotopic (exact) mass is 352 g/mol. The van der Waals surface area contributed by atoms with Crippen LogP contribution in [-0.2, 0) is 10.0 Å². The number of hydrogen-bond donors (Lipinski definition) is 1. The van der Waals surface area contributed by atoms with Crippen molar-refractivity contribution in [2.24, 2.45) is 5.73 Å². The summed E-state index contributed by atoms with van der Waals surface area (Å²) in [6.45, 7) is 6.62. The lowest BCUT2D eigenvalue weighted by atomic mass is 10.3. The number of benzene rings is 1. The van der Waals surface area contributed by atoms with E-state index in [1.54, 1.807) is 13.0 Å². The SMILES string of the molecule is CCOc1ccc(S(=O)(=O)N(C)C(C)CN)cc1OCC.Cl. The molecule has 0 aliphatic rings. The van der Waals surface area contributed by atoms with Crippen molar-refractivity contribution < 1.29 is 17.9 Å². The van der Waals surface area contributed by atoms with E-state index < -0.39 is 10.0 Å². The molecule has 0 spiro atoms. The first-order valence-corrected chi connectivity index (χ1v) is 8.40. The molecule has 0 saturated carbocycles. The number of likely N-dealkylation sites (N-methyl/N-ethyl adjacent to an activating group) is 1. The van der Waals surface area contributed by atoms with Crippen LogP contribution in [0.25, 0.3) is 0 Å². The van der Waals surface area contributed by atoms with Crippen molar-refractivity contribution in [3.63, 3.8) is 0 Å². The van der Waals surface area contributed by atoms with Crippen LogP contribution in [0.4, 0.5) is 0 Å². The molecule has 1 aromatic carbocycles. The summed E-state index contributed by atoms with van der Waals surface area (Å²) < 4.78 is 37.2. The van der Waals surface area contributed by atoms with Gasteiger partial charge in [-0.1, -0.05) is 0 Å². The summed E-state index contributed by atoms with van der Waals surface area (Å²) in [6, 6.07) is 4.34. The molecule has 0 radical (unpaired) electrons. The predicted octanol–water partition coefficient (Wildman–Crippen LogP) is 1.87. The molecule has 0 saturated heterocycles. The van der Waals surface area contributed by atoms with Crippen LogP contribution in [0.5, 0.6) is 11.5 Å². The van der Waals surface area contributed by atoms with E-state index in [1.165, 1.54) is 23.5 Å². The second kappa shape index (κ2) is 9.19. The third-order valence-electron chi connectivity index (χ3n) is 3.15. The van der Waals surface area contributed by atoms with Gasteiger partial charge in [0.15, 0.2) is 11.5 Å². The normalized spacial score (nSPS) is 12.6. The largest absolute Gasteiger partial charge is 0.490 e. The lowest BCUT2D eigenvalue weighted by molar-refractivity contribution is 0.287. The standard InChI is InChI=1S/C14H24N2O4S.ClH/c1-5-19-13-8-7-12(9-14(13)20-6-2)21(17,18)16(4)11(3)10-15;/h7-9,11H,5-6,10,15H2,1-4H3;1H. The first kappa shape index (κ1) is 21.0. The molecule has 1 aromatic rings. The Morgan fingerprint density at radius 2 is 1.73 bits per heavy atom. The molecule has 0 heterocycles. The Morgan fingerprint density at radius 1 is 1.18 bits per heavy atom. The number of rotatable bonds is 8. The molecule has 0 fully saturated rings. The quantitative estimate of drug-likeness (QED) is 0.772. The highest BCUT2D eigenvalue weighted by atomic mass is 35.5. The third-order valence-corrected chi connectivity index (χ3v) is 5.12. The van der Waals surface area contributed by atoms with Gasteiger partial charge in [0, 0.05) is 25.7 Å². The van der Waals surface area contributed by atoms with Crippen molar-refractivity contribution in [3.05, 3.63) is 18.2 Å². The molecule has 0 amide bonds. The highest BCUT2D eigenvalue weighted by molar-refractivity contribution is 7.89. The van der Waals surface area contributed by atoms with E-state index in [-0.39, 0.29) is 29.9 Å². The molecular weight excluding hydrogens is 328 g/mol. The van der Waals surface area contributed by atoms with Gasteiger partial charge in [-0.05, 0) is 32.9 Å². The zero-order chi connectivity index (χ0) is 16.0. The molecule has 0 aliphatic carbocycles. The van der Waals surface area contributed by atoms with Gasteiger partial charge >= 0.3 is 0 Å². The lowest BCUT2D eigenvalue weighted by Gasteiger charge is -2.23. The van der Waals surface area contributed by atoms with Gasteiger partial charge in [-0.3, -0.25) is 0 Å². The van der Waals surface area contributed by atoms with E-state index in [4.69, 9.17) is 15.2 Å². The second-order valence-electron chi connectivity index (χ2n) is 4.58. The van der Waals surface area contributed by atoms with Crippen molar-refractivity contribution >= 4 is 22.4 Å². The Morgan fingerprint density at radius 3 is 2.23 bits per heavy atom. The van der Waals surface area contributed by atoms with E-state index in [9.17, 15) is 8.42 Å². The summed E-state index contributed by atoms with van der Waals surface area (Å²) in [5.74, 6) is 0.960. The summed E-state index contributed by atoms with van der Waals surface area (Å²) in [4.78, 5) is 0.164. The van der Waals surface area contributed by atoms with E-state index >= 15 is 0 Å². The second-order valence-corrected chi connectivity index (χ2v) is 6.58. The summed E-state index contributed by atoms with van der Waals surface area (Å²) in [6.07, 6.45) is 0. The number of ether oxygens (including phenoxy) is 2. The van der Waals surface area contributed by atoms with Gasteiger partial charge in [0.25, 0.3) is 0 Å². The first-order chi connectivity index (χ1) is 9.88. The molecule has 0 aromatic heterocycles. The van der Waals surface area contributed by atoms with E-state index in [0.29, 0.717) is 24.7 Å². The zero-order valence-electron chi connectivity index (χ0n) is 13.4. The van der Waals surface area contributed by atoms with E-state index in [2.05, 4.69) is 0 Å². The van der Waals surface area contributed by atoms with Crippen LogP contribution in [0.2, 0.25) is 0 Å². The van der Waals surface area contributed by atoms with Crippen molar-refractivity contribution in [1.82, 2.24) is 4.31 Å². The number of hydrogen-bond acceptors (Lipinski definition) is 5. The number of nitrogens with zero attached hydrogens (tertiary/aromatic N) is 1. The Labute approximate surface area is 139 Å². The van der Waals surface area contributed by atoms with Gasteiger partial charge in [0.2, 0.25) is 10.0 Å². The van der Waals surface area contributed by atoms with Crippen LogP contribution < -0.4 is 15.2 Å². The van der Waals surface area contributed by atoms with Crippen molar-refractivity contribution in [1.29, 1.82) is 0 Å². The maximum Gasteiger partial charge on any atom is 0.243 e. The maximum atomic E-state index is 12.5. The van der Waals surface area contributed by atoms with Crippen LogP contribution in [0.1, 0.15) is 20.8 Å². The summed E-state index contributed by atoms with van der Waals surface area (Å²) >= 11 is 0. The topological polar surface area (TPSA) is 81.9 Å². The maximum absolute atomic E-state index is 12.5. The molecule has 2 N–H and O–H groups in total. The Kier molecular flexibility index (Phi) is 8.77. The summed E-state index contributed by atoms with van der Waals surface area (Å²) in [5.41, 5.74) is 5.54. The Bertz CT molecular complexity index is 566. The van der Waals surface area contributed by atoms with Gasteiger partial charge < -0.3 is 15.2 Å². The van der Waals surface area contributed by atoms with Gasteiger partial charge in [0.1, 0.15) is 0 Å². The average molecular weight is 353 g/mol. The lowest BCUT2D eigenvalue weighted by Crippen LogP contribution is -2.39. The molecule has 128 valence electrons. The minimum Gasteiger partial charge on any atom is -0.490 e. The fourth-order valence-corrected chi connectivity index (χ4v) is 3.13. The van der Waals surface area contributed by atoms with Gasteiger partial charge in [0.05, 0.1) is 18.1 Å². The molecule has 6 nitrogen and oxygen atoms in total. The predicted molar refractivity (Wildman–Crippen MR) is 89.5 cm³/mol. The van der Waals surface area contributed by atoms with E-state index in [0.717, 1.165) is 0 Å². The van der Waals surface area contributed by atoms with Crippen LogP contribution in [0, 0.1) is 0 Å². The fourth-order valence-electron chi connectivity index (χ4n) is 1.74. The number of nitrogens with two attached hydrogens (primary N) is 1. The third kappa shape index (κ3) is 4.74. The Hall–Kier alpha value is -1.02. The minimum absolute atomic E-state index is 0. The Balaban J connectivity index is 0.00000441. The van der Waals surface area contributed by atoms with Gasteiger partial charge in [-0.25, -0.2) is 8.42 Å². The summed E-state index contributed by atoms with van der Waals surface area (Å²) in [7, 11) is -2.09. The zero-order valence-corrected chi connectivity index (χ0v) is 15.0. The number of sulfonamides is 1. The molecule has 1 atom stereocenters. The summed E-state index contributed by atoms with van der Waals surface area (Å²) in [5, 5.41) is 0. The first-order valence-electron chi connectivity index (χ1n) is 6.96. The van der Waals surface area contributed by atoms with Gasteiger partial charge in [-0.15, -0.1) is 12.4 Å².